The zero-order valence-electron chi connectivity index (χ0n) is 18.3. The fourth-order valence-electron chi connectivity index (χ4n) is 2.95. The largest absolute Gasteiger partial charge is 0.507 e. The lowest BCUT2D eigenvalue weighted by atomic mass is 9.90. The molecule has 1 N–H and O–H groups in total. The molecule has 0 spiro atoms. The molecule has 0 fully saturated rings. The van der Waals surface area contributed by atoms with Crippen LogP contribution in [0.2, 0.25) is 0 Å². The predicted molar refractivity (Wildman–Crippen MR) is 111 cm³/mol. The van der Waals surface area contributed by atoms with Gasteiger partial charge in [-0.15, -0.1) is 6.42 Å². The summed E-state index contributed by atoms with van der Waals surface area (Å²) < 4.78 is 16.3. The van der Waals surface area contributed by atoms with Crippen molar-refractivity contribution in [2.45, 2.75) is 78.6 Å². The van der Waals surface area contributed by atoms with Gasteiger partial charge in [0.25, 0.3) is 0 Å². The van der Waals surface area contributed by atoms with Crippen LogP contribution in [-0.2, 0) is 23.8 Å². The highest BCUT2D eigenvalue weighted by atomic mass is 16.6. The third-order valence-electron chi connectivity index (χ3n) is 4.53. The summed E-state index contributed by atoms with van der Waals surface area (Å²) in [6.07, 6.45) is 3.55. The van der Waals surface area contributed by atoms with Crippen LogP contribution in [0.4, 0.5) is 0 Å². The van der Waals surface area contributed by atoms with Gasteiger partial charge in [0.05, 0.1) is 0 Å². The molecule has 160 valence electrons. The molecule has 0 aliphatic carbocycles. The van der Waals surface area contributed by atoms with Crippen LogP contribution in [0.5, 0.6) is 5.75 Å². The zero-order chi connectivity index (χ0) is 22.3. The number of rotatable bonds is 9. The van der Waals surface area contributed by atoms with E-state index < -0.39 is 30.3 Å². The molecule has 0 heterocycles. The van der Waals surface area contributed by atoms with E-state index in [1.807, 2.05) is 39.8 Å². The topological polar surface area (TPSA) is 82.1 Å². The van der Waals surface area contributed by atoms with Gasteiger partial charge in [0, 0.05) is 13.8 Å². The van der Waals surface area contributed by atoms with E-state index >= 15 is 0 Å². The molecule has 0 amide bonds. The smallest absolute Gasteiger partial charge is 0.302 e. The maximum Gasteiger partial charge on any atom is 0.302 e. The molecule has 29 heavy (non-hydrogen) atoms. The summed E-state index contributed by atoms with van der Waals surface area (Å²) in [6, 6.07) is 3.66. The van der Waals surface area contributed by atoms with Crippen molar-refractivity contribution in [1.29, 1.82) is 0 Å². The van der Waals surface area contributed by atoms with Gasteiger partial charge in [-0.1, -0.05) is 33.6 Å². The molecule has 1 aromatic carbocycles. The van der Waals surface area contributed by atoms with E-state index in [4.69, 9.17) is 20.6 Å². The van der Waals surface area contributed by atoms with Crippen LogP contribution in [0.15, 0.2) is 12.1 Å². The summed E-state index contributed by atoms with van der Waals surface area (Å²) in [7, 11) is 0. The summed E-state index contributed by atoms with van der Waals surface area (Å²) in [4.78, 5) is 22.6. The maximum atomic E-state index is 11.3. The Morgan fingerprint density at radius 3 is 1.93 bits per heavy atom. The normalized spacial score (nSPS) is 14.2. The second-order valence-electron chi connectivity index (χ2n) is 7.70. The lowest BCUT2D eigenvalue weighted by Crippen LogP contribution is -2.36. The molecule has 6 nitrogen and oxygen atoms in total. The summed E-state index contributed by atoms with van der Waals surface area (Å²) in [5.41, 5.74) is 2.26. The molecule has 6 heteroatoms. The van der Waals surface area contributed by atoms with E-state index in [-0.39, 0.29) is 24.2 Å². The van der Waals surface area contributed by atoms with Crippen molar-refractivity contribution in [3.8, 4) is 18.1 Å². The molecule has 3 atom stereocenters. The van der Waals surface area contributed by atoms with Crippen LogP contribution >= 0.6 is 0 Å². The second-order valence-corrected chi connectivity index (χ2v) is 7.70. The Labute approximate surface area is 173 Å². The Kier molecular flexibility index (Phi) is 9.19. The van der Waals surface area contributed by atoms with Crippen molar-refractivity contribution in [2.75, 3.05) is 6.61 Å². The van der Waals surface area contributed by atoms with Gasteiger partial charge in [0.15, 0.2) is 0 Å². The Balaban J connectivity index is 3.29. The number of carbonyl (C=O) groups is 2. The Bertz CT molecular complexity index is 730. The number of ether oxygens (including phenoxy) is 3. The zero-order valence-corrected chi connectivity index (χ0v) is 18.3. The maximum absolute atomic E-state index is 11.3. The number of phenolic OH excluding ortho intramolecular Hbond substituents is 1. The van der Waals surface area contributed by atoms with Gasteiger partial charge >= 0.3 is 11.9 Å². The Hall–Kier alpha value is -2.52. The molecule has 0 saturated heterocycles. The standard InChI is InChI=1S/C23H32O6/c1-9-21(29-22(12-27-16(7)24)15(6)28-17(8)25)18-10-19(13(2)3)23(26)20(11-18)14(4)5/h1,10-11,13-15,21-22,26H,12H2,2-8H3/t15-,21-,22?/m0/s1. The molecular formula is C23H32O6. The van der Waals surface area contributed by atoms with Gasteiger partial charge in [0.2, 0.25) is 0 Å². The van der Waals surface area contributed by atoms with E-state index in [0.717, 1.165) is 11.1 Å². The quantitative estimate of drug-likeness (QED) is 0.490. The van der Waals surface area contributed by atoms with Gasteiger partial charge in [-0.2, -0.15) is 0 Å². The van der Waals surface area contributed by atoms with E-state index in [2.05, 4.69) is 5.92 Å². The minimum Gasteiger partial charge on any atom is -0.507 e. The Morgan fingerprint density at radius 1 is 1.03 bits per heavy atom. The number of terminal acetylenes is 1. The number of aromatic hydroxyl groups is 1. The van der Waals surface area contributed by atoms with Gasteiger partial charge in [-0.05, 0) is 47.6 Å². The van der Waals surface area contributed by atoms with E-state index in [1.54, 1.807) is 6.92 Å². The fourth-order valence-corrected chi connectivity index (χ4v) is 2.95. The first kappa shape index (κ1) is 24.5. The lowest BCUT2D eigenvalue weighted by Gasteiger charge is -2.27. The highest BCUT2D eigenvalue weighted by molar-refractivity contribution is 5.66. The van der Waals surface area contributed by atoms with Gasteiger partial charge in [-0.3, -0.25) is 9.59 Å². The van der Waals surface area contributed by atoms with Crippen LogP contribution in [0, 0.1) is 12.3 Å². The van der Waals surface area contributed by atoms with E-state index in [0.29, 0.717) is 5.56 Å². The van der Waals surface area contributed by atoms with E-state index in [9.17, 15) is 14.7 Å². The first-order valence-electron chi connectivity index (χ1n) is 9.76. The van der Waals surface area contributed by atoms with Crippen LogP contribution in [0.1, 0.15) is 83.1 Å². The average Bonchev–Trinajstić information content (AvgIpc) is 2.61. The van der Waals surface area contributed by atoms with Crippen molar-refractivity contribution in [2.24, 2.45) is 0 Å². The summed E-state index contributed by atoms with van der Waals surface area (Å²) in [5.74, 6) is 2.10. The SMILES string of the molecule is C#C[C@H](OC(COC(C)=O)[C@H](C)OC(C)=O)c1cc(C(C)C)c(O)c(C(C)C)c1. The first-order chi connectivity index (χ1) is 13.5. The highest BCUT2D eigenvalue weighted by Gasteiger charge is 2.27. The monoisotopic (exact) mass is 404 g/mol. The highest BCUT2D eigenvalue weighted by Crippen LogP contribution is 2.37. The molecular weight excluding hydrogens is 372 g/mol. The number of hydrogen-bond donors (Lipinski definition) is 1. The van der Waals surface area contributed by atoms with Crippen LogP contribution in [0.3, 0.4) is 0 Å². The minimum atomic E-state index is -0.774. The predicted octanol–water partition coefficient (Wildman–Crippen LogP) is 4.21. The molecule has 1 aromatic rings. The molecule has 0 aromatic heterocycles. The van der Waals surface area contributed by atoms with E-state index in [1.165, 1.54) is 13.8 Å². The van der Waals surface area contributed by atoms with Gasteiger partial charge < -0.3 is 19.3 Å². The number of phenols is 1. The first-order valence-corrected chi connectivity index (χ1v) is 9.76. The van der Waals surface area contributed by atoms with Crippen molar-refractivity contribution in [1.82, 2.24) is 0 Å². The average molecular weight is 405 g/mol. The number of esters is 2. The summed E-state index contributed by atoms with van der Waals surface area (Å²) in [5, 5.41) is 10.6. The lowest BCUT2D eigenvalue weighted by molar-refractivity contribution is -0.163. The summed E-state index contributed by atoms with van der Waals surface area (Å²) in [6.45, 7) is 12.1. The molecule has 1 rings (SSSR count). The molecule has 0 aliphatic heterocycles. The summed E-state index contributed by atoms with van der Waals surface area (Å²) >= 11 is 0. The minimum absolute atomic E-state index is 0.0858. The second kappa shape index (κ2) is 10.9. The van der Waals surface area contributed by atoms with Crippen LogP contribution < -0.4 is 0 Å². The molecule has 0 radical (unpaired) electrons. The third kappa shape index (κ3) is 7.10. The molecule has 0 saturated carbocycles. The Morgan fingerprint density at radius 2 is 1.55 bits per heavy atom. The molecule has 0 bridgehead atoms. The molecule has 0 aliphatic rings. The number of carbonyl (C=O) groups excluding carboxylic acids is 2. The van der Waals surface area contributed by atoms with Crippen molar-refractivity contribution >= 4 is 11.9 Å². The van der Waals surface area contributed by atoms with Gasteiger partial charge in [0.1, 0.15) is 30.7 Å². The van der Waals surface area contributed by atoms with Gasteiger partial charge in [-0.25, -0.2) is 0 Å². The van der Waals surface area contributed by atoms with Crippen LogP contribution in [-0.4, -0.2) is 35.9 Å². The van der Waals surface area contributed by atoms with Crippen molar-refractivity contribution < 1.29 is 28.9 Å². The van der Waals surface area contributed by atoms with Crippen molar-refractivity contribution in [3.63, 3.8) is 0 Å². The molecule has 1 unspecified atom stereocenters. The fraction of sp³-hybridized carbons (Fsp3) is 0.565. The van der Waals surface area contributed by atoms with Crippen molar-refractivity contribution in [3.05, 3.63) is 28.8 Å². The third-order valence-corrected chi connectivity index (χ3v) is 4.53. The van der Waals surface area contributed by atoms with Crippen LogP contribution in [0.25, 0.3) is 0 Å². The number of benzene rings is 1. The number of hydrogen-bond acceptors (Lipinski definition) is 6.